The van der Waals surface area contributed by atoms with Gasteiger partial charge in [0.25, 0.3) is 5.91 Å². The molecule has 1 fully saturated rings. The second kappa shape index (κ2) is 9.18. The maximum absolute atomic E-state index is 13.0. The minimum atomic E-state index is -3.52. The molecule has 1 aliphatic rings. The molecule has 8 heteroatoms. The summed E-state index contributed by atoms with van der Waals surface area (Å²) in [5.41, 5.74) is 1.83. The highest BCUT2D eigenvalue weighted by molar-refractivity contribution is 9.10. The van der Waals surface area contributed by atoms with Crippen molar-refractivity contribution in [1.29, 1.82) is 0 Å². The first-order chi connectivity index (χ1) is 14.1. The molecule has 1 saturated heterocycles. The highest BCUT2D eigenvalue weighted by atomic mass is 79.9. The summed E-state index contributed by atoms with van der Waals surface area (Å²) in [7, 11) is -3.52. The molecule has 162 valence electrons. The SMILES string of the molecule is CC(C)(C)c1ccc(S(=O)(=O)N2CC[NH+](CC(=O)Nc3cccc(Br)c3)CC2)cc1. The van der Waals surface area contributed by atoms with E-state index >= 15 is 0 Å². The van der Waals surface area contributed by atoms with Gasteiger partial charge in [0.05, 0.1) is 31.1 Å². The van der Waals surface area contributed by atoms with Gasteiger partial charge in [-0.25, -0.2) is 8.42 Å². The predicted molar refractivity (Wildman–Crippen MR) is 122 cm³/mol. The second-order valence-electron chi connectivity index (χ2n) is 8.66. The highest BCUT2D eigenvalue weighted by Crippen LogP contribution is 2.24. The number of nitrogens with zero attached hydrogens (tertiary/aromatic N) is 1. The van der Waals surface area contributed by atoms with E-state index in [1.54, 1.807) is 12.1 Å². The highest BCUT2D eigenvalue weighted by Gasteiger charge is 2.31. The van der Waals surface area contributed by atoms with Crippen LogP contribution < -0.4 is 10.2 Å². The zero-order valence-corrected chi connectivity index (χ0v) is 20.0. The number of amides is 1. The molecule has 3 rings (SSSR count). The summed E-state index contributed by atoms with van der Waals surface area (Å²) in [5.74, 6) is -0.0721. The van der Waals surface area contributed by atoms with E-state index in [-0.39, 0.29) is 11.3 Å². The molecule has 1 aliphatic heterocycles. The lowest BCUT2D eigenvalue weighted by Crippen LogP contribution is -3.15. The van der Waals surface area contributed by atoms with Gasteiger partial charge in [-0.1, -0.05) is 54.9 Å². The predicted octanol–water partition coefficient (Wildman–Crippen LogP) is 2.27. The number of rotatable bonds is 5. The lowest BCUT2D eigenvalue weighted by molar-refractivity contribution is -0.895. The van der Waals surface area contributed by atoms with E-state index in [9.17, 15) is 13.2 Å². The first-order valence-corrected chi connectivity index (χ1v) is 12.3. The average molecular weight is 495 g/mol. The molecule has 0 aromatic heterocycles. The maximum atomic E-state index is 13.0. The van der Waals surface area contributed by atoms with Crippen LogP contribution in [0.3, 0.4) is 0 Å². The van der Waals surface area contributed by atoms with Gasteiger partial charge < -0.3 is 10.2 Å². The van der Waals surface area contributed by atoms with Gasteiger partial charge in [0, 0.05) is 10.2 Å². The summed E-state index contributed by atoms with van der Waals surface area (Å²) in [4.78, 5) is 13.7. The number of nitrogens with one attached hydrogen (secondary N) is 2. The molecule has 1 heterocycles. The van der Waals surface area contributed by atoms with E-state index in [0.29, 0.717) is 37.6 Å². The lowest BCUT2D eigenvalue weighted by Gasteiger charge is -2.31. The maximum Gasteiger partial charge on any atom is 0.279 e. The zero-order valence-electron chi connectivity index (χ0n) is 17.6. The Bertz CT molecular complexity index is 993. The first-order valence-electron chi connectivity index (χ1n) is 10.1. The zero-order chi connectivity index (χ0) is 21.9. The van der Waals surface area contributed by atoms with Gasteiger partial charge in [0.2, 0.25) is 10.0 Å². The molecule has 0 saturated carbocycles. The van der Waals surface area contributed by atoms with Crippen LogP contribution in [0, 0.1) is 0 Å². The molecular formula is C22H29BrN3O3S+. The molecule has 0 atom stereocenters. The van der Waals surface area contributed by atoms with Crippen LogP contribution in [0.5, 0.6) is 0 Å². The van der Waals surface area contributed by atoms with Crippen molar-refractivity contribution in [1.82, 2.24) is 4.31 Å². The number of halogens is 1. The smallest absolute Gasteiger partial charge is 0.279 e. The normalized spacial score (nSPS) is 16.4. The van der Waals surface area contributed by atoms with Crippen molar-refractivity contribution in [3.63, 3.8) is 0 Å². The fourth-order valence-corrected chi connectivity index (χ4v) is 5.33. The van der Waals surface area contributed by atoms with Crippen molar-refractivity contribution < 1.29 is 18.1 Å². The molecule has 30 heavy (non-hydrogen) atoms. The molecule has 0 spiro atoms. The van der Waals surface area contributed by atoms with E-state index < -0.39 is 10.0 Å². The number of hydrogen-bond donors (Lipinski definition) is 2. The van der Waals surface area contributed by atoms with Crippen LogP contribution in [0.15, 0.2) is 57.9 Å². The summed E-state index contributed by atoms with van der Waals surface area (Å²) in [5, 5.41) is 2.89. The number of quaternary nitrogens is 1. The Kier molecular flexibility index (Phi) is 7.02. The topological polar surface area (TPSA) is 70.9 Å². The van der Waals surface area contributed by atoms with E-state index in [2.05, 4.69) is 42.0 Å². The Balaban J connectivity index is 1.56. The molecule has 0 aliphatic carbocycles. The van der Waals surface area contributed by atoms with Crippen LogP contribution in [0.25, 0.3) is 0 Å². The van der Waals surface area contributed by atoms with Crippen LogP contribution in [0.4, 0.5) is 5.69 Å². The Labute approximate surface area is 187 Å². The number of carbonyl (C=O) groups excluding carboxylic acids is 1. The third-order valence-electron chi connectivity index (χ3n) is 5.31. The minimum absolute atomic E-state index is 0.0202. The van der Waals surface area contributed by atoms with Crippen molar-refractivity contribution in [3.8, 4) is 0 Å². The number of piperazine rings is 1. The molecule has 0 bridgehead atoms. The fourth-order valence-electron chi connectivity index (χ4n) is 3.49. The lowest BCUT2D eigenvalue weighted by atomic mass is 9.87. The van der Waals surface area contributed by atoms with Crippen LogP contribution in [0.2, 0.25) is 0 Å². The average Bonchev–Trinajstić information content (AvgIpc) is 2.68. The summed E-state index contributed by atoms with van der Waals surface area (Å²) >= 11 is 3.39. The van der Waals surface area contributed by atoms with Crippen molar-refractivity contribution in [3.05, 3.63) is 58.6 Å². The van der Waals surface area contributed by atoms with Crippen LogP contribution >= 0.6 is 15.9 Å². The largest absolute Gasteiger partial charge is 0.325 e. The monoisotopic (exact) mass is 494 g/mol. The molecule has 6 nitrogen and oxygen atoms in total. The third-order valence-corrected chi connectivity index (χ3v) is 7.71. The molecular weight excluding hydrogens is 466 g/mol. The van der Waals surface area contributed by atoms with E-state index in [4.69, 9.17) is 0 Å². The number of sulfonamides is 1. The van der Waals surface area contributed by atoms with Crippen molar-refractivity contribution >= 4 is 37.5 Å². The van der Waals surface area contributed by atoms with E-state index in [0.717, 1.165) is 20.6 Å². The number of carbonyl (C=O) groups is 1. The van der Waals surface area contributed by atoms with Crippen molar-refractivity contribution in [2.75, 3.05) is 38.0 Å². The van der Waals surface area contributed by atoms with E-state index in [1.807, 2.05) is 36.4 Å². The molecule has 2 aromatic rings. The van der Waals surface area contributed by atoms with Crippen LogP contribution in [-0.2, 0) is 20.2 Å². The van der Waals surface area contributed by atoms with Gasteiger partial charge in [-0.05, 0) is 41.3 Å². The van der Waals surface area contributed by atoms with Crippen molar-refractivity contribution in [2.24, 2.45) is 0 Å². The summed E-state index contributed by atoms with van der Waals surface area (Å²) < 4.78 is 28.4. The second-order valence-corrected chi connectivity index (χ2v) is 11.5. The molecule has 2 N–H and O–H groups in total. The first kappa shape index (κ1) is 22.9. The summed E-state index contributed by atoms with van der Waals surface area (Å²) in [6.45, 7) is 8.64. The Hall–Kier alpha value is -1.74. The summed E-state index contributed by atoms with van der Waals surface area (Å²) in [6.07, 6.45) is 0. The van der Waals surface area contributed by atoms with Gasteiger partial charge in [0.15, 0.2) is 6.54 Å². The van der Waals surface area contributed by atoms with E-state index in [1.165, 1.54) is 4.31 Å². The Morgan fingerprint density at radius 2 is 1.73 bits per heavy atom. The fraction of sp³-hybridized carbons (Fsp3) is 0.409. The van der Waals surface area contributed by atoms with Crippen LogP contribution in [-0.4, -0.2) is 51.4 Å². The van der Waals surface area contributed by atoms with Gasteiger partial charge in [-0.15, -0.1) is 0 Å². The molecule has 1 amide bonds. The Morgan fingerprint density at radius 1 is 1.10 bits per heavy atom. The number of hydrogen-bond acceptors (Lipinski definition) is 3. The van der Waals surface area contributed by atoms with Crippen molar-refractivity contribution in [2.45, 2.75) is 31.1 Å². The van der Waals surface area contributed by atoms with Gasteiger partial charge in [-0.2, -0.15) is 4.31 Å². The van der Waals surface area contributed by atoms with Gasteiger partial charge in [0.1, 0.15) is 0 Å². The van der Waals surface area contributed by atoms with Gasteiger partial charge >= 0.3 is 0 Å². The quantitative estimate of drug-likeness (QED) is 0.669. The Morgan fingerprint density at radius 3 is 2.30 bits per heavy atom. The standard InChI is InChI=1S/C22H28BrN3O3S/c1-22(2,3)17-7-9-20(10-8-17)30(28,29)26-13-11-25(12-14-26)16-21(27)24-19-6-4-5-18(23)15-19/h4-10,15H,11-14,16H2,1-3H3,(H,24,27)/p+1. The number of benzene rings is 2. The minimum Gasteiger partial charge on any atom is -0.325 e. The van der Waals surface area contributed by atoms with Crippen LogP contribution in [0.1, 0.15) is 26.3 Å². The molecule has 2 aromatic carbocycles. The number of anilines is 1. The molecule has 0 unspecified atom stereocenters. The molecule has 0 radical (unpaired) electrons. The third kappa shape index (κ3) is 5.69. The summed E-state index contributed by atoms with van der Waals surface area (Å²) in [6, 6.07) is 14.6. The van der Waals surface area contributed by atoms with Gasteiger partial charge in [-0.3, -0.25) is 4.79 Å².